The van der Waals surface area contributed by atoms with Gasteiger partial charge in [0.2, 0.25) is 5.70 Å². The third kappa shape index (κ3) is 3.38. The number of fused-ring (bicyclic) bond motifs is 7. The summed E-state index contributed by atoms with van der Waals surface area (Å²) in [7, 11) is 1.41. The number of alkyl carbamates (subject to hydrolysis) is 1. The first-order chi connectivity index (χ1) is 17.2. The number of hydrogen-bond acceptors (Lipinski definition) is 4. The van der Waals surface area contributed by atoms with Gasteiger partial charge >= 0.3 is 6.09 Å². The van der Waals surface area contributed by atoms with E-state index >= 15 is 0 Å². The van der Waals surface area contributed by atoms with Crippen molar-refractivity contribution in [1.29, 1.82) is 0 Å². The summed E-state index contributed by atoms with van der Waals surface area (Å²) in [6.07, 6.45) is 9.61. The number of nitrogens with zero attached hydrogens (tertiary/aromatic N) is 1. The van der Waals surface area contributed by atoms with Gasteiger partial charge in [0.25, 0.3) is 0 Å². The quantitative estimate of drug-likeness (QED) is 0.425. The van der Waals surface area contributed by atoms with Gasteiger partial charge in [-0.3, -0.25) is 4.79 Å². The van der Waals surface area contributed by atoms with Gasteiger partial charge in [-0.1, -0.05) is 53.2 Å². The molecule has 8 atom stereocenters. The number of rotatable bonds is 1. The zero-order chi connectivity index (χ0) is 27.2. The highest BCUT2D eigenvalue weighted by Crippen LogP contribution is 2.72. The maximum atomic E-state index is 14.3. The van der Waals surface area contributed by atoms with E-state index in [1.165, 1.54) is 7.11 Å². The number of methoxy groups -OCH3 is 1. The lowest BCUT2D eigenvalue weighted by molar-refractivity contribution is -0.158. The summed E-state index contributed by atoms with van der Waals surface area (Å²) >= 11 is 0. The molecule has 200 valence electrons. The third-order valence-corrected chi connectivity index (χ3v) is 12.0. The molecule has 5 aliphatic rings. The Labute approximate surface area is 221 Å². The summed E-state index contributed by atoms with van der Waals surface area (Å²) in [5.41, 5.74) is -0.0226. The van der Waals surface area contributed by atoms with Crippen molar-refractivity contribution in [3.8, 4) is 0 Å². The third-order valence-electron chi connectivity index (χ3n) is 12.0. The van der Waals surface area contributed by atoms with E-state index in [2.05, 4.69) is 44.8 Å². The summed E-state index contributed by atoms with van der Waals surface area (Å²) in [4.78, 5) is 43.4. The topological polar surface area (TPSA) is 76.8 Å². The second-order valence-corrected chi connectivity index (χ2v) is 14.2. The van der Waals surface area contributed by atoms with Crippen LogP contribution in [0.4, 0.5) is 4.79 Å². The van der Waals surface area contributed by atoms with Crippen LogP contribution in [0.5, 0.6) is 0 Å². The van der Waals surface area contributed by atoms with Crippen molar-refractivity contribution >= 4 is 17.7 Å². The summed E-state index contributed by atoms with van der Waals surface area (Å²) in [5, 5.41) is 3.24. The van der Waals surface area contributed by atoms with Gasteiger partial charge in [-0.05, 0) is 79.1 Å². The van der Waals surface area contributed by atoms with E-state index in [-0.39, 0.29) is 57.2 Å². The Morgan fingerprint density at radius 2 is 1.73 bits per heavy atom. The van der Waals surface area contributed by atoms with Crippen LogP contribution >= 0.6 is 0 Å². The van der Waals surface area contributed by atoms with Crippen LogP contribution in [-0.4, -0.2) is 30.3 Å². The summed E-state index contributed by atoms with van der Waals surface area (Å²) in [6.45, 7) is 21.0. The first kappa shape index (κ1) is 26.2. The molecule has 0 bridgehead atoms. The fourth-order valence-electron chi connectivity index (χ4n) is 9.70. The Kier molecular flexibility index (Phi) is 5.69. The van der Waals surface area contributed by atoms with Crippen molar-refractivity contribution in [1.82, 2.24) is 5.32 Å². The molecule has 6 heteroatoms. The molecule has 5 rings (SSSR count). The Hall–Kier alpha value is -2.42. The van der Waals surface area contributed by atoms with Crippen molar-refractivity contribution in [2.24, 2.45) is 45.3 Å². The fourth-order valence-corrected chi connectivity index (χ4v) is 9.70. The van der Waals surface area contributed by atoms with Gasteiger partial charge in [-0.15, -0.1) is 0 Å². The average Bonchev–Trinajstić information content (AvgIpc) is 2.83. The van der Waals surface area contributed by atoms with Crippen LogP contribution in [0.1, 0.15) is 86.5 Å². The molecule has 1 amide bonds. The Morgan fingerprint density at radius 1 is 1.05 bits per heavy atom. The van der Waals surface area contributed by atoms with Crippen molar-refractivity contribution < 1.29 is 19.1 Å². The molecule has 0 aromatic heterocycles. The van der Waals surface area contributed by atoms with Gasteiger partial charge in [0.1, 0.15) is 0 Å². The number of ketones is 2. The van der Waals surface area contributed by atoms with Crippen LogP contribution in [0.2, 0.25) is 0 Å². The molecule has 6 nitrogen and oxygen atoms in total. The van der Waals surface area contributed by atoms with Gasteiger partial charge in [-0.25, -0.2) is 9.64 Å². The molecule has 3 fully saturated rings. The van der Waals surface area contributed by atoms with E-state index in [4.69, 9.17) is 11.3 Å². The number of ether oxygens (including phenoxy) is 1. The molecule has 0 aliphatic heterocycles. The van der Waals surface area contributed by atoms with Crippen molar-refractivity contribution in [3.05, 3.63) is 34.8 Å². The Bertz CT molecular complexity index is 1180. The van der Waals surface area contributed by atoms with Gasteiger partial charge in [0.05, 0.1) is 13.7 Å². The van der Waals surface area contributed by atoms with Crippen molar-refractivity contribution in [2.45, 2.75) is 92.0 Å². The van der Waals surface area contributed by atoms with E-state index in [9.17, 15) is 14.4 Å². The van der Waals surface area contributed by atoms with E-state index in [0.29, 0.717) is 0 Å². The average molecular weight is 507 g/mol. The van der Waals surface area contributed by atoms with Crippen LogP contribution < -0.4 is 5.32 Å². The minimum absolute atomic E-state index is 0.0305. The zero-order valence-electron chi connectivity index (χ0n) is 23.5. The molecule has 0 radical (unpaired) electrons. The predicted octanol–water partition coefficient (Wildman–Crippen LogP) is 6.28. The molecule has 0 aromatic carbocycles. The first-order valence-corrected chi connectivity index (χ1v) is 14.0. The maximum absolute atomic E-state index is 14.3. The van der Waals surface area contributed by atoms with Crippen LogP contribution in [0.3, 0.4) is 0 Å². The zero-order valence-corrected chi connectivity index (χ0v) is 23.5. The highest BCUT2D eigenvalue weighted by atomic mass is 16.5. The standard InChI is InChI=1S/C31H42N2O4/c1-18-19-9-10-29(5)23(28(19,4)17-21(32-7)25(18)35)15-22(34)24-20-16-27(2,3)11-13-31(20,33-26(36)37-8)14-12-30(24,29)6/h15,17-20,24H,9-14,16H2,1-6,8H3,(H,33,36)/t18-,19-,20-,24-,28-,29+,30+,31-/m0/s1. The highest BCUT2D eigenvalue weighted by Gasteiger charge is 2.69. The maximum Gasteiger partial charge on any atom is 0.407 e. The summed E-state index contributed by atoms with van der Waals surface area (Å²) in [5.74, 6) is -0.212. The minimum atomic E-state index is -0.492. The molecule has 0 unspecified atom stereocenters. The Balaban J connectivity index is 1.66. The van der Waals surface area contributed by atoms with Gasteiger partial charge in [0, 0.05) is 22.8 Å². The monoisotopic (exact) mass is 506 g/mol. The van der Waals surface area contributed by atoms with E-state index in [0.717, 1.165) is 50.5 Å². The molecule has 0 spiro atoms. The van der Waals surface area contributed by atoms with E-state index < -0.39 is 17.0 Å². The van der Waals surface area contributed by atoms with Gasteiger partial charge in [-0.2, -0.15) is 0 Å². The van der Waals surface area contributed by atoms with Crippen LogP contribution in [0.15, 0.2) is 23.4 Å². The van der Waals surface area contributed by atoms with Gasteiger partial charge in [0.15, 0.2) is 11.6 Å². The van der Waals surface area contributed by atoms with E-state index in [1.54, 1.807) is 0 Å². The number of Topliss-reactive ketones (excluding diaryl/α,β-unsaturated/α-hetero) is 1. The van der Waals surface area contributed by atoms with Crippen LogP contribution in [0, 0.1) is 51.9 Å². The number of carbonyl (C=O) groups excluding carboxylic acids is 3. The second-order valence-electron chi connectivity index (χ2n) is 14.2. The summed E-state index contributed by atoms with van der Waals surface area (Å²) in [6, 6.07) is 0. The molecular formula is C31H42N2O4. The lowest BCUT2D eigenvalue weighted by Gasteiger charge is -2.68. The molecule has 1 N–H and O–H groups in total. The molecule has 37 heavy (non-hydrogen) atoms. The normalized spacial score (nSPS) is 46.1. The van der Waals surface area contributed by atoms with Gasteiger partial charge < -0.3 is 14.8 Å². The van der Waals surface area contributed by atoms with E-state index in [1.807, 2.05) is 19.1 Å². The lowest BCUT2D eigenvalue weighted by atomic mass is 9.36. The summed E-state index contributed by atoms with van der Waals surface area (Å²) < 4.78 is 5.05. The first-order valence-electron chi connectivity index (χ1n) is 14.0. The van der Waals surface area contributed by atoms with Crippen molar-refractivity contribution in [3.63, 3.8) is 0 Å². The SMILES string of the molecule is [C-]#[N+]C1=C[C@]2(C)C3=CC(=O)[C@@H]4[C@@H]5CC(C)(C)CC[C@]5(NC(=O)OC)CC[C@@]4(C)[C@]3(C)CC[C@H]2[C@H](C)C1=O. The number of hydrogen-bond donors (Lipinski definition) is 1. The lowest BCUT2D eigenvalue weighted by Crippen LogP contribution is -2.69. The van der Waals surface area contributed by atoms with Crippen LogP contribution in [0.25, 0.3) is 4.85 Å². The number of allylic oxidation sites excluding steroid dienone is 4. The predicted molar refractivity (Wildman–Crippen MR) is 141 cm³/mol. The molecule has 0 heterocycles. The minimum Gasteiger partial charge on any atom is -0.453 e. The molecule has 3 saturated carbocycles. The smallest absolute Gasteiger partial charge is 0.407 e. The number of carbonyl (C=O) groups is 3. The second kappa shape index (κ2) is 8.04. The van der Waals surface area contributed by atoms with Crippen LogP contribution in [-0.2, 0) is 14.3 Å². The molecule has 0 aromatic rings. The molecule has 5 aliphatic carbocycles. The number of amides is 1. The van der Waals surface area contributed by atoms with Crippen molar-refractivity contribution in [2.75, 3.05) is 7.11 Å². The molecular weight excluding hydrogens is 464 g/mol. The molecule has 0 saturated heterocycles. The largest absolute Gasteiger partial charge is 0.453 e. The Morgan fingerprint density at radius 3 is 2.38 bits per heavy atom. The fraction of sp³-hybridized carbons (Fsp3) is 0.742. The highest BCUT2D eigenvalue weighted by molar-refractivity contribution is 6.01. The number of nitrogens with one attached hydrogen (secondary N) is 1.